The first-order chi connectivity index (χ1) is 14.2. The van der Waals surface area contributed by atoms with Crippen LogP contribution in [0.4, 0.5) is 0 Å². The molecule has 1 aliphatic heterocycles. The van der Waals surface area contributed by atoms with Gasteiger partial charge < -0.3 is 14.0 Å². The van der Waals surface area contributed by atoms with E-state index in [1.54, 1.807) is 23.1 Å². The second-order valence-corrected chi connectivity index (χ2v) is 8.53. The highest BCUT2D eigenvalue weighted by atomic mass is 32.2. The van der Waals surface area contributed by atoms with Gasteiger partial charge in [-0.15, -0.1) is 21.5 Å². The van der Waals surface area contributed by atoms with E-state index in [0.29, 0.717) is 0 Å². The minimum Gasteiger partial charge on any atom is -0.454 e. The summed E-state index contributed by atoms with van der Waals surface area (Å²) in [7, 11) is 1.97. The largest absolute Gasteiger partial charge is 0.454 e. The zero-order valence-corrected chi connectivity index (χ0v) is 17.6. The normalized spacial score (nSPS) is 12.5. The van der Waals surface area contributed by atoms with Crippen LogP contribution in [0.1, 0.15) is 11.3 Å². The number of hydrogen-bond donors (Lipinski definition) is 0. The van der Waals surface area contributed by atoms with Gasteiger partial charge in [-0.1, -0.05) is 41.6 Å². The Labute approximate surface area is 176 Å². The second kappa shape index (κ2) is 7.53. The van der Waals surface area contributed by atoms with E-state index in [1.807, 2.05) is 29.8 Å². The molecule has 0 unspecified atom stereocenters. The van der Waals surface area contributed by atoms with E-state index in [9.17, 15) is 0 Å². The standard InChI is InChI=1S/C21H18N4O2S2/c1-13-3-5-14(6-4-13)20-22-16(10-28-20)11-29-21-24-23-19(25(21)2)15-7-8-17-18(9-15)27-12-26-17/h3-10H,11-12H2,1-2H3. The molecule has 0 N–H and O–H groups in total. The number of aromatic nitrogens is 4. The highest BCUT2D eigenvalue weighted by Gasteiger charge is 2.17. The molecule has 6 nitrogen and oxygen atoms in total. The number of hydrogen-bond acceptors (Lipinski definition) is 7. The summed E-state index contributed by atoms with van der Waals surface area (Å²) in [6, 6.07) is 14.3. The van der Waals surface area contributed by atoms with Crippen LogP contribution in [0.15, 0.2) is 53.0 Å². The lowest BCUT2D eigenvalue weighted by Crippen LogP contribution is -1.95. The number of ether oxygens (including phenoxy) is 2. The third-order valence-corrected chi connectivity index (χ3v) is 6.66. The fourth-order valence-corrected chi connectivity index (χ4v) is 4.80. The number of fused-ring (bicyclic) bond motifs is 1. The fraction of sp³-hybridized carbons (Fsp3) is 0.190. The van der Waals surface area contributed by atoms with Crippen LogP contribution in [0.25, 0.3) is 22.0 Å². The number of thioether (sulfide) groups is 1. The Morgan fingerprint density at radius 3 is 2.69 bits per heavy atom. The first-order valence-corrected chi connectivity index (χ1v) is 11.0. The molecule has 146 valence electrons. The number of benzene rings is 2. The number of aryl methyl sites for hydroxylation is 1. The molecule has 0 saturated carbocycles. The van der Waals surface area contributed by atoms with E-state index >= 15 is 0 Å². The third-order valence-electron chi connectivity index (χ3n) is 4.67. The maximum absolute atomic E-state index is 5.47. The molecule has 0 bridgehead atoms. The van der Waals surface area contributed by atoms with Crippen molar-refractivity contribution in [2.24, 2.45) is 7.05 Å². The Bertz CT molecular complexity index is 1170. The van der Waals surface area contributed by atoms with Crippen molar-refractivity contribution in [2.45, 2.75) is 17.8 Å². The summed E-state index contributed by atoms with van der Waals surface area (Å²) in [6.45, 7) is 2.35. The quantitative estimate of drug-likeness (QED) is 0.425. The molecule has 0 fully saturated rings. The Morgan fingerprint density at radius 1 is 1.03 bits per heavy atom. The smallest absolute Gasteiger partial charge is 0.231 e. The first-order valence-electron chi connectivity index (χ1n) is 9.11. The summed E-state index contributed by atoms with van der Waals surface area (Å²) in [6.07, 6.45) is 0. The van der Waals surface area contributed by atoms with E-state index < -0.39 is 0 Å². The molecule has 0 amide bonds. The van der Waals surface area contributed by atoms with Crippen LogP contribution in [0.2, 0.25) is 0 Å². The molecule has 0 radical (unpaired) electrons. The Hall–Kier alpha value is -2.84. The van der Waals surface area contributed by atoms with Crippen molar-refractivity contribution in [3.8, 4) is 33.5 Å². The lowest BCUT2D eigenvalue weighted by atomic mass is 10.2. The SMILES string of the molecule is Cc1ccc(-c2nc(CSc3nnc(-c4ccc5c(c4)OCO5)n3C)cs2)cc1. The van der Waals surface area contributed by atoms with Crippen LogP contribution in [-0.2, 0) is 12.8 Å². The average molecular weight is 423 g/mol. The molecule has 2 aromatic carbocycles. The monoisotopic (exact) mass is 422 g/mol. The van der Waals surface area contributed by atoms with E-state index in [4.69, 9.17) is 14.5 Å². The molecule has 0 saturated heterocycles. The topological polar surface area (TPSA) is 62.1 Å². The van der Waals surface area contributed by atoms with Gasteiger partial charge in [0.2, 0.25) is 6.79 Å². The number of rotatable bonds is 5. The van der Waals surface area contributed by atoms with Gasteiger partial charge in [-0.25, -0.2) is 4.98 Å². The van der Waals surface area contributed by atoms with Crippen LogP contribution >= 0.6 is 23.1 Å². The average Bonchev–Trinajstić information content (AvgIpc) is 3.46. The Morgan fingerprint density at radius 2 is 1.83 bits per heavy atom. The van der Waals surface area contributed by atoms with Gasteiger partial charge in [0, 0.05) is 29.3 Å². The van der Waals surface area contributed by atoms with E-state index in [-0.39, 0.29) is 6.79 Å². The summed E-state index contributed by atoms with van der Waals surface area (Å²) in [4.78, 5) is 4.77. The number of nitrogens with zero attached hydrogens (tertiary/aromatic N) is 4. The van der Waals surface area contributed by atoms with Crippen molar-refractivity contribution in [3.05, 3.63) is 59.1 Å². The van der Waals surface area contributed by atoms with Gasteiger partial charge in [0.1, 0.15) is 5.01 Å². The number of thiazole rings is 1. The van der Waals surface area contributed by atoms with Crippen LogP contribution in [-0.4, -0.2) is 26.5 Å². The molecule has 3 heterocycles. The highest BCUT2D eigenvalue weighted by molar-refractivity contribution is 7.98. The van der Waals surface area contributed by atoms with Crippen molar-refractivity contribution in [1.82, 2.24) is 19.7 Å². The molecular weight excluding hydrogens is 404 g/mol. The van der Waals surface area contributed by atoms with Gasteiger partial charge in [-0.3, -0.25) is 0 Å². The lowest BCUT2D eigenvalue weighted by Gasteiger charge is -2.04. The van der Waals surface area contributed by atoms with Gasteiger partial charge in [0.25, 0.3) is 0 Å². The Balaban J connectivity index is 1.30. The van der Waals surface area contributed by atoms with Crippen LogP contribution in [0.5, 0.6) is 11.5 Å². The molecule has 5 rings (SSSR count). The van der Waals surface area contributed by atoms with Crippen molar-refractivity contribution in [3.63, 3.8) is 0 Å². The molecule has 4 aromatic rings. The van der Waals surface area contributed by atoms with Crippen LogP contribution in [0.3, 0.4) is 0 Å². The zero-order valence-electron chi connectivity index (χ0n) is 16.0. The predicted octanol–water partition coefficient (Wildman–Crippen LogP) is 4.94. The van der Waals surface area contributed by atoms with E-state index in [2.05, 4.69) is 46.8 Å². The van der Waals surface area contributed by atoms with Gasteiger partial charge in [-0.2, -0.15) is 0 Å². The minimum atomic E-state index is 0.261. The van der Waals surface area contributed by atoms with E-state index in [0.717, 1.165) is 50.1 Å². The van der Waals surface area contributed by atoms with Gasteiger partial charge in [-0.05, 0) is 25.1 Å². The maximum atomic E-state index is 5.47. The summed E-state index contributed by atoms with van der Waals surface area (Å²) in [5.74, 6) is 3.05. The lowest BCUT2D eigenvalue weighted by molar-refractivity contribution is 0.174. The molecule has 0 aliphatic carbocycles. The highest BCUT2D eigenvalue weighted by Crippen LogP contribution is 2.36. The summed E-state index contributed by atoms with van der Waals surface area (Å²) in [5, 5.41) is 12.7. The van der Waals surface area contributed by atoms with Crippen molar-refractivity contribution in [2.75, 3.05) is 6.79 Å². The molecule has 0 atom stereocenters. The Kier molecular flexibility index (Phi) is 4.73. The van der Waals surface area contributed by atoms with Gasteiger partial charge in [0.15, 0.2) is 22.5 Å². The van der Waals surface area contributed by atoms with Crippen LogP contribution in [0, 0.1) is 6.92 Å². The molecule has 29 heavy (non-hydrogen) atoms. The zero-order chi connectivity index (χ0) is 19.8. The summed E-state index contributed by atoms with van der Waals surface area (Å²) < 4.78 is 12.8. The predicted molar refractivity (Wildman–Crippen MR) is 114 cm³/mol. The first kappa shape index (κ1) is 18.2. The van der Waals surface area contributed by atoms with Crippen molar-refractivity contribution in [1.29, 1.82) is 0 Å². The van der Waals surface area contributed by atoms with E-state index in [1.165, 1.54) is 5.56 Å². The second-order valence-electron chi connectivity index (χ2n) is 6.73. The molecule has 1 aliphatic rings. The van der Waals surface area contributed by atoms with Gasteiger partial charge >= 0.3 is 0 Å². The van der Waals surface area contributed by atoms with Crippen LogP contribution < -0.4 is 9.47 Å². The van der Waals surface area contributed by atoms with Crippen molar-refractivity contribution >= 4 is 23.1 Å². The maximum Gasteiger partial charge on any atom is 0.231 e. The van der Waals surface area contributed by atoms with Crippen molar-refractivity contribution < 1.29 is 9.47 Å². The minimum absolute atomic E-state index is 0.261. The summed E-state index contributed by atoms with van der Waals surface area (Å²) in [5.41, 5.74) is 4.40. The molecule has 8 heteroatoms. The molecule has 0 spiro atoms. The van der Waals surface area contributed by atoms with Gasteiger partial charge in [0.05, 0.1) is 5.69 Å². The fourth-order valence-electron chi connectivity index (χ4n) is 3.07. The summed E-state index contributed by atoms with van der Waals surface area (Å²) >= 11 is 3.30. The molecular formula is C21H18N4O2S2. The molecule has 2 aromatic heterocycles. The third kappa shape index (κ3) is 3.61.